The smallest absolute Gasteiger partial charge is 0.308 e. The zero-order chi connectivity index (χ0) is 12.3. The van der Waals surface area contributed by atoms with E-state index in [-0.39, 0.29) is 5.91 Å². The van der Waals surface area contributed by atoms with Crippen molar-refractivity contribution in [3.63, 3.8) is 0 Å². The number of aliphatic carboxylic acids is 1. The van der Waals surface area contributed by atoms with Crippen molar-refractivity contribution in [2.45, 2.75) is 12.8 Å². The summed E-state index contributed by atoms with van der Waals surface area (Å²) in [5, 5.41) is 8.97. The number of nitrogens with zero attached hydrogens (tertiary/aromatic N) is 1. The van der Waals surface area contributed by atoms with E-state index in [0.29, 0.717) is 25.1 Å². The van der Waals surface area contributed by atoms with E-state index in [1.165, 1.54) is 0 Å². The first kappa shape index (κ1) is 11.6. The molecule has 1 aromatic carbocycles. The monoisotopic (exact) mass is 233 g/mol. The van der Waals surface area contributed by atoms with E-state index in [9.17, 15) is 9.59 Å². The Morgan fingerprint density at radius 1 is 1.24 bits per heavy atom. The molecule has 0 spiro atoms. The number of carbonyl (C=O) groups is 2. The Bertz CT molecular complexity index is 416. The highest BCUT2D eigenvalue weighted by Crippen LogP contribution is 2.18. The number of hydrogen-bond acceptors (Lipinski definition) is 2. The van der Waals surface area contributed by atoms with Crippen molar-refractivity contribution in [1.29, 1.82) is 0 Å². The molecule has 1 aliphatic heterocycles. The van der Waals surface area contributed by atoms with Crippen LogP contribution in [0.15, 0.2) is 30.3 Å². The minimum atomic E-state index is -0.810. The summed E-state index contributed by atoms with van der Waals surface area (Å²) in [6.45, 7) is 0.973. The predicted molar refractivity (Wildman–Crippen MR) is 62.7 cm³/mol. The first-order chi connectivity index (χ1) is 8.18. The van der Waals surface area contributed by atoms with E-state index in [1.807, 2.05) is 18.2 Å². The third kappa shape index (κ3) is 2.64. The van der Waals surface area contributed by atoms with Crippen LogP contribution in [0, 0.1) is 5.92 Å². The Morgan fingerprint density at radius 3 is 2.59 bits per heavy atom. The summed E-state index contributed by atoms with van der Waals surface area (Å²) in [6, 6.07) is 8.99. The van der Waals surface area contributed by atoms with Crippen LogP contribution in [0.5, 0.6) is 0 Å². The second kappa shape index (κ2) is 4.99. The highest BCUT2D eigenvalue weighted by Gasteiger charge is 2.28. The van der Waals surface area contributed by atoms with Gasteiger partial charge in [-0.05, 0) is 25.0 Å². The molecule has 0 bridgehead atoms. The molecule has 4 heteroatoms. The van der Waals surface area contributed by atoms with Gasteiger partial charge in [-0.2, -0.15) is 0 Å². The van der Waals surface area contributed by atoms with Gasteiger partial charge in [-0.1, -0.05) is 18.2 Å². The molecule has 1 atom stereocenters. The van der Waals surface area contributed by atoms with Gasteiger partial charge in [0, 0.05) is 18.7 Å². The van der Waals surface area contributed by atoms with Crippen molar-refractivity contribution >= 4 is 11.9 Å². The number of amides is 1. The minimum Gasteiger partial charge on any atom is -0.481 e. The number of benzene rings is 1. The Hall–Kier alpha value is -1.84. The average molecular weight is 233 g/mol. The first-order valence-electron chi connectivity index (χ1n) is 5.75. The van der Waals surface area contributed by atoms with Crippen molar-refractivity contribution in [2.24, 2.45) is 5.92 Å². The standard InChI is InChI=1S/C13H15NO3/c15-12(10-5-2-1-3-6-10)14-8-4-7-11(9-14)13(16)17/h1-3,5-6,11H,4,7-9H2,(H,16,17)/t11-/m0/s1. The second-order valence-corrected chi connectivity index (χ2v) is 4.29. The summed E-state index contributed by atoms with van der Waals surface area (Å²) in [5.41, 5.74) is 0.624. The van der Waals surface area contributed by atoms with Crippen LogP contribution >= 0.6 is 0 Å². The van der Waals surface area contributed by atoms with Crippen molar-refractivity contribution in [3.8, 4) is 0 Å². The van der Waals surface area contributed by atoms with Crippen LogP contribution < -0.4 is 0 Å². The summed E-state index contributed by atoms with van der Waals surface area (Å²) in [5.74, 6) is -1.30. The second-order valence-electron chi connectivity index (χ2n) is 4.29. The predicted octanol–water partition coefficient (Wildman–Crippen LogP) is 1.62. The van der Waals surface area contributed by atoms with Gasteiger partial charge in [0.15, 0.2) is 0 Å². The van der Waals surface area contributed by atoms with E-state index in [2.05, 4.69) is 0 Å². The maximum Gasteiger partial charge on any atom is 0.308 e. The highest BCUT2D eigenvalue weighted by molar-refractivity contribution is 5.94. The number of piperidine rings is 1. The van der Waals surface area contributed by atoms with Crippen LogP contribution in [-0.4, -0.2) is 35.0 Å². The molecule has 0 aromatic heterocycles. The fraction of sp³-hybridized carbons (Fsp3) is 0.385. The summed E-state index contributed by atoms with van der Waals surface area (Å²) in [6.07, 6.45) is 1.42. The Kier molecular flexibility index (Phi) is 3.42. The molecular weight excluding hydrogens is 218 g/mol. The van der Waals surface area contributed by atoms with Crippen LogP contribution in [0.25, 0.3) is 0 Å². The van der Waals surface area contributed by atoms with Crippen LogP contribution in [0.1, 0.15) is 23.2 Å². The molecule has 1 aliphatic rings. The lowest BCUT2D eigenvalue weighted by molar-refractivity contribution is -0.143. The van der Waals surface area contributed by atoms with Crippen LogP contribution in [0.3, 0.4) is 0 Å². The third-order valence-corrected chi connectivity index (χ3v) is 3.08. The fourth-order valence-electron chi connectivity index (χ4n) is 2.13. The maximum absolute atomic E-state index is 12.1. The number of carbonyl (C=O) groups excluding carboxylic acids is 1. The van der Waals surface area contributed by atoms with Crippen molar-refractivity contribution in [1.82, 2.24) is 4.90 Å². The van der Waals surface area contributed by atoms with E-state index in [1.54, 1.807) is 17.0 Å². The average Bonchev–Trinajstić information content (AvgIpc) is 2.39. The van der Waals surface area contributed by atoms with E-state index >= 15 is 0 Å². The molecule has 0 aliphatic carbocycles. The van der Waals surface area contributed by atoms with Crippen LogP contribution in [-0.2, 0) is 4.79 Å². The highest BCUT2D eigenvalue weighted by atomic mass is 16.4. The van der Waals surface area contributed by atoms with Gasteiger partial charge in [-0.25, -0.2) is 0 Å². The van der Waals surface area contributed by atoms with Gasteiger partial charge >= 0.3 is 5.97 Å². The summed E-state index contributed by atoms with van der Waals surface area (Å²) >= 11 is 0. The van der Waals surface area contributed by atoms with Gasteiger partial charge in [0.1, 0.15) is 0 Å². The van der Waals surface area contributed by atoms with Crippen LogP contribution in [0.4, 0.5) is 0 Å². The minimum absolute atomic E-state index is 0.0726. The molecule has 0 saturated carbocycles. The van der Waals surface area contributed by atoms with E-state index < -0.39 is 11.9 Å². The number of hydrogen-bond donors (Lipinski definition) is 1. The van der Waals surface area contributed by atoms with E-state index in [0.717, 1.165) is 6.42 Å². The molecule has 1 aromatic rings. The molecule has 2 rings (SSSR count). The molecule has 90 valence electrons. The summed E-state index contributed by atoms with van der Waals surface area (Å²) in [7, 11) is 0. The number of rotatable bonds is 2. The fourth-order valence-corrected chi connectivity index (χ4v) is 2.13. The molecule has 0 unspecified atom stereocenters. The molecule has 1 saturated heterocycles. The Morgan fingerprint density at radius 2 is 1.94 bits per heavy atom. The third-order valence-electron chi connectivity index (χ3n) is 3.08. The number of carboxylic acids is 1. The summed E-state index contributed by atoms with van der Waals surface area (Å²) < 4.78 is 0. The summed E-state index contributed by atoms with van der Waals surface area (Å²) in [4.78, 5) is 24.7. The van der Waals surface area contributed by atoms with Gasteiger partial charge in [0.05, 0.1) is 5.92 Å². The number of likely N-dealkylation sites (tertiary alicyclic amines) is 1. The molecule has 4 nitrogen and oxygen atoms in total. The molecular formula is C13H15NO3. The zero-order valence-electron chi connectivity index (χ0n) is 9.50. The molecule has 17 heavy (non-hydrogen) atoms. The van der Waals surface area contributed by atoms with Gasteiger partial charge in [0.2, 0.25) is 0 Å². The lowest BCUT2D eigenvalue weighted by Gasteiger charge is -2.30. The van der Waals surface area contributed by atoms with Gasteiger partial charge < -0.3 is 10.0 Å². The molecule has 1 heterocycles. The van der Waals surface area contributed by atoms with Crippen molar-refractivity contribution in [2.75, 3.05) is 13.1 Å². The molecule has 1 amide bonds. The zero-order valence-corrected chi connectivity index (χ0v) is 9.50. The quantitative estimate of drug-likeness (QED) is 0.844. The normalized spacial score (nSPS) is 20.0. The van der Waals surface area contributed by atoms with Crippen molar-refractivity contribution < 1.29 is 14.7 Å². The lowest BCUT2D eigenvalue weighted by Crippen LogP contribution is -2.42. The molecule has 1 fully saturated rings. The lowest BCUT2D eigenvalue weighted by atomic mass is 9.97. The van der Waals surface area contributed by atoms with Crippen LogP contribution in [0.2, 0.25) is 0 Å². The van der Waals surface area contributed by atoms with Crippen molar-refractivity contribution in [3.05, 3.63) is 35.9 Å². The maximum atomic E-state index is 12.1. The van der Waals surface area contributed by atoms with E-state index in [4.69, 9.17) is 5.11 Å². The largest absolute Gasteiger partial charge is 0.481 e. The first-order valence-corrected chi connectivity index (χ1v) is 5.75. The van der Waals surface area contributed by atoms with Gasteiger partial charge in [0.25, 0.3) is 5.91 Å². The SMILES string of the molecule is O=C(O)[C@H]1CCCN(C(=O)c2ccccc2)C1. The Labute approximate surface area is 99.9 Å². The molecule has 0 radical (unpaired) electrons. The topological polar surface area (TPSA) is 57.6 Å². The van der Waals surface area contributed by atoms with Gasteiger partial charge in [-0.3, -0.25) is 9.59 Å². The Balaban J connectivity index is 2.07. The van der Waals surface area contributed by atoms with Gasteiger partial charge in [-0.15, -0.1) is 0 Å². The number of carboxylic acid groups (broad SMARTS) is 1. The molecule has 1 N–H and O–H groups in total.